The van der Waals surface area contributed by atoms with E-state index in [1.165, 1.54) is 19.2 Å². The number of hydrogen-bond donors (Lipinski definition) is 0. The van der Waals surface area contributed by atoms with Crippen molar-refractivity contribution in [3.8, 4) is 17.0 Å². The minimum Gasteiger partial charge on any atom is -0.487 e. The van der Waals surface area contributed by atoms with E-state index >= 15 is 0 Å². The Hall–Kier alpha value is -3.68. The molecule has 0 fully saturated rings. The highest BCUT2D eigenvalue weighted by Crippen LogP contribution is 2.21. The van der Waals surface area contributed by atoms with Gasteiger partial charge in [0.2, 0.25) is 0 Å². The zero-order chi connectivity index (χ0) is 21.3. The van der Waals surface area contributed by atoms with Gasteiger partial charge in [-0.3, -0.25) is 0 Å². The second kappa shape index (κ2) is 10.2. The number of carbonyl (C=O) groups is 1. The van der Waals surface area contributed by atoms with Crippen LogP contribution in [0.1, 0.15) is 29.5 Å². The zero-order valence-corrected chi connectivity index (χ0v) is 16.6. The van der Waals surface area contributed by atoms with E-state index in [4.69, 9.17) is 18.8 Å². The first-order valence-corrected chi connectivity index (χ1v) is 9.33. The first-order chi connectivity index (χ1) is 14.6. The van der Waals surface area contributed by atoms with Crippen molar-refractivity contribution in [1.82, 2.24) is 5.16 Å². The molecule has 0 atom stereocenters. The van der Waals surface area contributed by atoms with Crippen LogP contribution in [0.25, 0.3) is 11.3 Å². The third kappa shape index (κ3) is 5.44. The lowest BCUT2D eigenvalue weighted by Crippen LogP contribution is -2.13. The van der Waals surface area contributed by atoms with E-state index < -0.39 is 5.97 Å². The highest BCUT2D eigenvalue weighted by atomic mass is 19.1. The van der Waals surface area contributed by atoms with Gasteiger partial charge in [0, 0.05) is 11.6 Å². The summed E-state index contributed by atoms with van der Waals surface area (Å²) in [6.07, 6.45) is 0.788. The quantitative estimate of drug-likeness (QED) is 0.223. The van der Waals surface area contributed by atoms with Crippen molar-refractivity contribution in [1.29, 1.82) is 0 Å². The molecule has 0 saturated heterocycles. The van der Waals surface area contributed by atoms with Crippen LogP contribution in [0, 0.1) is 5.82 Å². The average molecular weight is 412 g/mol. The lowest BCUT2D eigenvalue weighted by Gasteiger charge is -2.08. The fraction of sp³-hybridized carbons (Fsp3) is 0.227. The summed E-state index contributed by atoms with van der Waals surface area (Å²) in [5.41, 5.74) is 1.98. The molecule has 2 aromatic carbocycles. The fourth-order valence-corrected chi connectivity index (χ4v) is 2.51. The summed E-state index contributed by atoms with van der Waals surface area (Å²) in [5.74, 6) is 0.0222. The third-order valence-electron chi connectivity index (χ3n) is 4.04. The number of methoxy groups -OCH3 is 1. The first-order valence-electron chi connectivity index (χ1n) is 9.33. The molecule has 0 aliphatic heterocycles. The Labute approximate surface area is 173 Å². The van der Waals surface area contributed by atoms with Crippen LogP contribution in [0.4, 0.5) is 4.39 Å². The van der Waals surface area contributed by atoms with Crippen LogP contribution in [-0.2, 0) is 9.57 Å². The van der Waals surface area contributed by atoms with Crippen molar-refractivity contribution >= 4 is 11.7 Å². The largest absolute Gasteiger partial charge is 0.487 e. The highest BCUT2D eigenvalue weighted by Gasteiger charge is 2.15. The maximum atomic E-state index is 13.1. The van der Waals surface area contributed by atoms with E-state index in [1.807, 2.05) is 6.92 Å². The number of hydrogen-bond acceptors (Lipinski definition) is 7. The van der Waals surface area contributed by atoms with Gasteiger partial charge in [0.05, 0.1) is 12.7 Å². The summed E-state index contributed by atoms with van der Waals surface area (Å²) in [6.45, 7) is 2.41. The summed E-state index contributed by atoms with van der Waals surface area (Å²) in [5, 5.41) is 8.12. The van der Waals surface area contributed by atoms with Crippen molar-refractivity contribution < 1.29 is 28.0 Å². The van der Waals surface area contributed by atoms with Gasteiger partial charge >= 0.3 is 5.97 Å². The molecule has 8 heteroatoms. The molecule has 1 aromatic heterocycles. The molecule has 0 bridgehead atoms. The van der Waals surface area contributed by atoms with E-state index in [9.17, 15) is 9.18 Å². The summed E-state index contributed by atoms with van der Waals surface area (Å²) >= 11 is 0. The van der Waals surface area contributed by atoms with Crippen molar-refractivity contribution in [3.05, 3.63) is 71.7 Å². The molecule has 156 valence electrons. The van der Waals surface area contributed by atoms with E-state index in [2.05, 4.69) is 10.3 Å². The topological polar surface area (TPSA) is 83.2 Å². The minimum atomic E-state index is -0.459. The average Bonchev–Trinajstić information content (AvgIpc) is 3.26. The monoisotopic (exact) mass is 412 g/mol. The lowest BCUT2D eigenvalue weighted by molar-refractivity contribution is 0.0600. The zero-order valence-electron chi connectivity index (χ0n) is 16.6. The Morgan fingerprint density at radius 3 is 2.70 bits per heavy atom. The second-order valence-electron chi connectivity index (χ2n) is 6.26. The molecule has 0 aliphatic carbocycles. The number of rotatable bonds is 9. The van der Waals surface area contributed by atoms with Crippen LogP contribution in [0.2, 0.25) is 0 Å². The molecular formula is C22H21FN2O5. The summed E-state index contributed by atoms with van der Waals surface area (Å²) in [6, 6.07) is 14.2. The molecule has 0 amide bonds. The molecule has 0 N–H and O–H groups in total. The SMILES string of the molecule is CCCO/N=C(\COc1cccc(C(=O)OC)c1)c1cc(-c2ccc(F)cc2)no1. The third-order valence-corrected chi connectivity index (χ3v) is 4.04. The van der Waals surface area contributed by atoms with Crippen LogP contribution in [0.5, 0.6) is 5.75 Å². The number of oxime groups is 1. The van der Waals surface area contributed by atoms with Gasteiger partial charge in [-0.2, -0.15) is 0 Å². The standard InChI is InChI=1S/C22H21FN2O5/c1-3-11-29-24-20(14-28-18-6-4-5-16(12-18)22(26)27-2)21-13-19(25-30-21)15-7-9-17(23)10-8-15/h4-10,12-13H,3,11,14H2,1-2H3/b24-20+. The van der Waals surface area contributed by atoms with Crippen molar-refractivity contribution in [2.45, 2.75) is 13.3 Å². The molecule has 0 aliphatic rings. The van der Waals surface area contributed by atoms with E-state index in [1.54, 1.807) is 42.5 Å². The van der Waals surface area contributed by atoms with E-state index in [-0.39, 0.29) is 12.4 Å². The van der Waals surface area contributed by atoms with Crippen molar-refractivity contribution in [2.75, 3.05) is 20.3 Å². The molecule has 1 heterocycles. The maximum Gasteiger partial charge on any atom is 0.337 e. The van der Waals surface area contributed by atoms with Gasteiger partial charge in [-0.25, -0.2) is 9.18 Å². The smallest absolute Gasteiger partial charge is 0.337 e. The molecule has 30 heavy (non-hydrogen) atoms. The molecule has 3 aromatic rings. The summed E-state index contributed by atoms with van der Waals surface area (Å²) in [4.78, 5) is 17.0. The van der Waals surface area contributed by atoms with Crippen LogP contribution in [0.3, 0.4) is 0 Å². The Morgan fingerprint density at radius 1 is 1.17 bits per heavy atom. The van der Waals surface area contributed by atoms with Gasteiger partial charge < -0.3 is 18.8 Å². The lowest BCUT2D eigenvalue weighted by atomic mass is 10.1. The van der Waals surface area contributed by atoms with Crippen molar-refractivity contribution in [2.24, 2.45) is 5.16 Å². The number of nitrogens with zero attached hydrogens (tertiary/aromatic N) is 2. The molecule has 0 saturated carbocycles. The Kier molecular flexibility index (Phi) is 7.15. The number of carbonyl (C=O) groups excluding carboxylic acids is 1. The van der Waals surface area contributed by atoms with Crippen LogP contribution in [-0.4, -0.2) is 37.2 Å². The Morgan fingerprint density at radius 2 is 1.97 bits per heavy atom. The van der Waals surface area contributed by atoms with Gasteiger partial charge in [-0.15, -0.1) is 0 Å². The second-order valence-corrected chi connectivity index (χ2v) is 6.26. The normalized spacial score (nSPS) is 11.2. The van der Waals surface area contributed by atoms with Crippen LogP contribution >= 0.6 is 0 Å². The molecule has 7 nitrogen and oxygen atoms in total. The number of aromatic nitrogens is 1. The maximum absolute atomic E-state index is 13.1. The molecular weight excluding hydrogens is 391 g/mol. The van der Waals surface area contributed by atoms with Gasteiger partial charge in [-0.05, 0) is 48.9 Å². The van der Waals surface area contributed by atoms with Crippen LogP contribution < -0.4 is 4.74 Å². The number of halogens is 1. The Balaban J connectivity index is 1.78. The Bertz CT molecular complexity index is 1010. The summed E-state index contributed by atoms with van der Waals surface area (Å²) in [7, 11) is 1.31. The van der Waals surface area contributed by atoms with Crippen molar-refractivity contribution in [3.63, 3.8) is 0 Å². The highest BCUT2D eigenvalue weighted by molar-refractivity contribution is 5.99. The van der Waals surface area contributed by atoms with Gasteiger partial charge in [0.15, 0.2) is 11.5 Å². The predicted molar refractivity (Wildman–Crippen MR) is 108 cm³/mol. The van der Waals surface area contributed by atoms with Crippen LogP contribution in [0.15, 0.2) is 64.3 Å². The number of ether oxygens (including phenoxy) is 2. The van der Waals surface area contributed by atoms with Gasteiger partial charge in [0.1, 0.15) is 30.5 Å². The molecule has 0 spiro atoms. The molecule has 3 rings (SSSR count). The van der Waals surface area contributed by atoms with Gasteiger partial charge in [-0.1, -0.05) is 23.3 Å². The molecule has 0 unspecified atom stereocenters. The fourth-order valence-electron chi connectivity index (χ4n) is 2.51. The summed E-state index contributed by atoms with van der Waals surface area (Å²) < 4.78 is 29.0. The van der Waals surface area contributed by atoms with Gasteiger partial charge in [0.25, 0.3) is 0 Å². The first kappa shape index (κ1) is 21.0. The molecule has 0 radical (unpaired) electrons. The van der Waals surface area contributed by atoms with E-state index in [0.29, 0.717) is 40.6 Å². The minimum absolute atomic E-state index is 0.0202. The van der Waals surface area contributed by atoms with E-state index in [0.717, 1.165) is 6.42 Å². The number of benzene rings is 2. The number of esters is 1. The predicted octanol–water partition coefficient (Wildman–Crippen LogP) is 4.48.